The highest BCUT2D eigenvalue weighted by atomic mass is 19.1. The summed E-state index contributed by atoms with van der Waals surface area (Å²) >= 11 is 0. The van der Waals surface area contributed by atoms with Crippen LogP contribution in [0.1, 0.15) is 18.7 Å². The molecule has 0 unspecified atom stereocenters. The Kier molecular flexibility index (Phi) is 4.98. The lowest BCUT2D eigenvalue weighted by molar-refractivity contribution is 0.177. The maximum absolute atomic E-state index is 13.7. The zero-order valence-electron chi connectivity index (χ0n) is 15.7. The first-order chi connectivity index (χ1) is 13.5. The maximum Gasteiger partial charge on any atom is 0.322 e. The number of aryl methyl sites for hydroxylation is 1. The van der Waals surface area contributed by atoms with E-state index in [1.54, 1.807) is 4.90 Å². The maximum atomic E-state index is 13.7. The van der Waals surface area contributed by atoms with Crippen LogP contribution in [0.5, 0.6) is 0 Å². The normalized spacial score (nSPS) is 15.2. The molecule has 0 spiro atoms. The summed E-state index contributed by atoms with van der Waals surface area (Å²) in [5, 5.41) is 2.36. The van der Waals surface area contributed by atoms with Crippen LogP contribution in [0.2, 0.25) is 0 Å². The molecule has 1 fully saturated rings. The van der Waals surface area contributed by atoms with Gasteiger partial charge in [-0.15, -0.1) is 0 Å². The van der Waals surface area contributed by atoms with Gasteiger partial charge in [-0.05, 0) is 49.9 Å². The molecule has 1 aliphatic heterocycles. The first kappa shape index (κ1) is 18.4. The number of nitrogens with zero attached hydrogens (tertiary/aromatic N) is 3. The van der Waals surface area contributed by atoms with E-state index in [0.717, 1.165) is 48.4 Å². The fourth-order valence-electron chi connectivity index (χ4n) is 3.81. The summed E-state index contributed by atoms with van der Waals surface area (Å²) in [6.45, 7) is 3.96. The number of nitrogens with one attached hydrogen (secondary N) is 1. The number of benzene rings is 2. The van der Waals surface area contributed by atoms with Gasteiger partial charge in [-0.3, -0.25) is 0 Å². The average molecular weight is 384 g/mol. The summed E-state index contributed by atoms with van der Waals surface area (Å²) in [6, 6.07) is 11.1. The topological polar surface area (TPSA) is 50.2 Å². The van der Waals surface area contributed by atoms with Gasteiger partial charge < -0.3 is 14.8 Å². The molecule has 1 saturated heterocycles. The summed E-state index contributed by atoms with van der Waals surface area (Å²) in [4.78, 5) is 18.6. The lowest BCUT2D eigenvalue weighted by atomic mass is 9.96. The molecule has 1 aliphatic rings. The van der Waals surface area contributed by atoms with Crippen LogP contribution in [0, 0.1) is 24.5 Å². The quantitative estimate of drug-likeness (QED) is 0.719. The molecule has 7 heteroatoms. The van der Waals surface area contributed by atoms with Crippen molar-refractivity contribution < 1.29 is 13.6 Å². The Balaban J connectivity index is 1.38. The van der Waals surface area contributed by atoms with Crippen molar-refractivity contribution in [2.75, 3.05) is 18.4 Å². The molecule has 0 bridgehead atoms. The monoisotopic (exact) mass is 384 g/mol. The van der Waals surface area contributed by atoms with Gasteiger partial charge in [0, 0.05) is 19.6 Å². The minimum absolute atomic E-state index is 0.393. The largest absolute Gasteiger partial charge is 0.328 e. The van der Waals surface area contributed by atoms with E-state index in [0.29, 0.717) is 19.0 Å². The van der Waals surface area contributed by atoms with Crippen LogP contribution in [0.25, 0.3) is 11.0 Å². The van der Waals surface area contributed by atoms with E-state index in [9.17, 15) is 13.6 Å². The van der Waals surface area contributed by atoms with Crippen LogP contribution in [0.3, 0.4) is 0 Å². The molecular weight excluding hydrogens is 362 g/mol. The second kappa shape index (κ2) is 7.58. The number of amides is 2. The molecule has 0 atom stereocenters. The van der Waals surface area contributed by atoms with E-state index in [4.69, 9.17) is 0 Å². The second-order valence-electron chi connectivity index (χ2n) is 7.22. The van der Waals surface area contributed by atoms with Crippen LogP contribution in [0.4, 0.5) is 19.3 Å². The van der Waals surface area contributed by atoms with Crippen molar-refractivity contribution in [2.45, 2.75) is 26.3 Å². The van der Waals surface area contributed by atoms with Gasteiger partial charge in [0.2, 0.25) is 0 Å². The summed E-state index contributed by atoms with van der Waals surface area (Å²) in [5.74, 6) is -0.140. The number of hydrogen-bond donors (Lipinski definition) is 1. The second-order valence-corrected chi connectivity index (χ2v) is 7.22. The smallest absolute Gasteiger partial charge is 0.322 e. The van der Waals surface area contributed by atoms with Crippen LogP contribution in [-0.4, -0.2) is 33.6 Å². The van der Waals surface area contributed by atoms with E-state index in [2.05, 4.69) is 20.9 Å². The molecule has 1 N–H and O–H groups in total. The third-order valence-corrected chi connectivity index (χ3v) is 5.38. The van der Waals surface area contributed by atoms with Crippen molar-refractivity contribution >= 4 is 22.8 Å². The Hall–Kier alpha value is -2.96. The third-order valence-electron chi connectivity index (χ3n) is 5.38. The van der Waals surface area contributed by atoms with Crippen molar-refractivity contribution in [3.8, 4) is 0 Å². The van der Waals surface area contributed by atoms with Gasteiger partial charge in [0.05, 0.1) is 11.0 Å². The lowest BCUT2D eigenvalue weighted by Gasteiger charge is -2.32. The summed E-state index contributed by atoms with van der Waals surface area (Å²) in [5.41, 5.74) is 1.72. The van der Waals surface area contributed by atoms with E-state index in [-0.39, 0.29) is 0 Å². The van der Waals surface area contributed by atoms with Crippen molar-refractivity contribution in [1.29, 1.82) is 0 Å². The minimum atomic E-state index is -0.773. The number of rotatable bonds is 3. The number of fused-ring (bicyclic) bond motifs is 1. The van der Waals surface area contributed by atoms with Crippen LogP contribution >= 0.6 is 0 Å². The van der Waals surface area contributed by atoms with E-state index < -0.39 is 23.4 Å². The molecule has 0 radical (unpaired) electrons. The number of piperidine rings is 1. The first-order valence-corrected chi connectivity index (χ1v) is 9.44. The zero-order valence-corrected chi connectivity index (χ0v) is 15.7. The summed E-state index contributed by atoms with van der Waals surface area (Å²) in [7, 11) is 0. The molecule has 2 amide bonds. The molecule has 146 valence electrons. The van der Waals surface area contributed by atoms with Crippen molar-refractivity contribution in [1.82, 2.24) is 14.5 Å². The van der Waals surface area contributed by atoms with Gasteiger partial charge in [0.1, 0.15) is 23.1 Å². The van der Waals surface area contributed by atoms with Gasteiger partial charge in [-0.2, -0.15) is 0 Å². The van der Waals surface area contributed by atoms with Crippen LogP contribution in [-0.2, 0) is 6.54 Å². The Bertz CT molecular complexity index is 989. The Morgan fingerprint density at radius 3 is 2.50 bits per heavy atom. The SMILES string of the molecule is Cc1nc2ccccc2n1CC1CCN(C(=O)Nc2c(F)cccc2F)CC1. The number of carbonyl (C=O) groups is 1. The molecule has 1 aromatic heterocycles. The van der Waals surface area contributed by atoms with Gasteiger partial charge >= 0.3 is 6.03 Å². The Morgan fingerprint density at radius 2 is 1.79 bits per heavy atom. The van der Waals surface area contributed by atoms with Crippen LogP contribution < -0.4 is 5.32 Å². The molecule has 2 heterocycles. The molecule has 2 aromatic carbocycles. The van der Waals surface area contributed by atoms with E-state index >= 15 is 0 Å². The highest BCUT2D eigenvalue weighted by molar-refractivity contribution is 5.89. The number of likely N-dealkylation sites (tertiary alicyclic amines) is 1. The molecule has 4 rings (SSSR count). The van der Waals surface area contributed by atoms with Crippen molar-refractivity contribution in [3.05, 3.63) is 59.9 Å². The number of para-hydroxylation sites is 3. The van der Waals surface area contributed by atoms with Crippen molar-refractivity contribution in [3.63, 3.8) is 0 Å². The number of anilines is 1. The number of aromatic nitrogens is 2. The van der Waals surface area contributed by atoms with E-state index in [1.165, 1.54) is 6.07 Å². The molecule has 0 aliphatic carbocycles. The Morgan fingerprint density at radius 1 is 1.11 bits per heavy atom. The summed E-state index contributed by atoms with van der Waals surface area (Å²) in [6.07, 6.45) is 1.66. The number of urea groups is 1. The zero-order chi connectivity index (χ0) is 19.7. The first-order valence-electron chi connectivity index (χ1n) is 9.44. The number of carbonyl (C=O) groups excluding carboxylic acids is 1. The molecule has 0 saturated carbocycles. The predicted octanol–water partition coefficient (Wildman–Crippen LogP) is 4.57. The highest BCUT2D eigenvalue weighted by Crippen LogP contribution is 2.24. The Labute approximate surface area is 162 Å². The standard InChI is InChI=1S/C21H22F2N4O/c1-14-24-18-7-2-3-8-19(18)27(14)13-15-9-11-26(12-10-15)21(28)25-20-16(22)5-4-6-17(20)23/h2-8,15H,9-13H2,1H3,(H,25,28). The summed E-state index contributed by atoms with van der Waals surface area (Å²) < 4.78 is 29.7. The minimum Gasteiger partial charge on any atom is -0.328 e. The van der Waals surface area contributed by atoms with Gasteiger partial charge in [-0.25, -0.2) is 18.6 Å². The van der Waals surface area contributed by atoms with Crippen molar-refractivity contribution in [2.24, 2.45) is 5.92 Å². The number of hydrogen-bond acceptors (Lipinski definition) is 2. The average Bonchev–Trinajstić information content (AvgIpc) is 3.01. The van der Waals surface area contributed by atoms with Gasteiger partial charge in [0.15, 0.2) is 0 Å². The molecule has 5 nitrogen and oxygen atoms in total. The molecular formula is C21H22F2N4O. The number of imidazole rings is 1. The van der Waals surface area contributed by atoms with Gasteiger partial charge in [0.25, 0.3) is 0 Å². The van der Waals surface area contributed by atoms with Gasteiger partial charge in [-0.1, -0.05) is 18.2 Å². The number of halogens is 2. The molecule has 3 aromatic rings. The fraction of sp³-hybridized carbons (Fsp3) is 0.333. The lowest BCUT2D eigenvalue weighted by Crippen LogP contribution is -2.42. The molecule has 28 heavy (non-hydrogen) atoms. The third kappa shape index (κ3) is 3.56. The van der Waals surface area contributed by atoms with E-state index in [1.807, 2.05) is 25.1 Å². The van der Waals surface area contributed by atoms with Crippen LogP contribution in [0.15, 0.2) is 42.5 Å². The highest BCUT2D eigenvalue weighted by Gasteiger charge is 2.25. The predicted molar refractivity (Wildman–Crippen MR) is 104 cm³/mol. The fourth-order valence-corrected chi connectivity index (χ4v) is 3.81.